The van der Waals surface area contributed by atoms with Crippen molar-refractivity contribution in [3.63, 3.8) is 0 Å². The van der Waals surface area contributed by atoms with Crippen LogP contribution in [0.5, 0.6) is 0 Å². The Morgan fingerprint density at radius 2 is 0.833 bits per heavy atom. The van der Waals surface area contributed by atoms with Gasteiger partial charge in [-0.1, -0.05) is 146 Å². The molecule has 0 unspecified atom stereocenters. The molecular formula is C49H29N3O2. The van der Waals surface area contributed by atoms with Crippen molar-refractivity contribution in [2.75, 3.05) is 0 Å². The van der Waals surface area contributed by atoms with E-state index in [-0.39, 0.29) is 0 Å². The minimum absolute atomic E-state index is 0.589. The zero-order valence-electron chi connectivity index (χ0n) is 28.9. The quantitative estimate of drug-likeness (QED) is 0.180. The number of furan rings is 2. The maximum atomic E-state index is 6.64. The van der Waals surface area contributed by atoms with E-state index in [0.717, 1.165) is 93.6 Å². The van der Waals surface area contributed by atoms with Gasteiger partial charge in [-0.3, -0.25) is 0 Å². The third-order valence-corrected chi connectivity index (χ3v) is 10.3. The molecule has 0 aliphatic heterocycles. The number of hydrogen-bond donors (Lipinski definition) is 0. The standard InChI is InChI=1S/C49H29N3O2/c1-3-14-30(15-4-1)34-23-12-27-43-44(34)40-29-39(35-20-7-8-21-36(35)46(40)54-43)32-18-11-19-33(28-32)48-50-47(31-16-5-2-6-17-31)51-49(52-48)38-24-13-26-42-45(38)37-22-9-10-25-41(37)53-42/h1-29H. The maximum Gasteiger partial charge on any atom is 0.164 e. The van der Waals surface area contributed by atoms with Crippen LogP contribution in [-0.4, -0.2) is 15.0 Å². The largest absolute Gasteiger partial charge is 0.456 e. The first kappa shape index (κ1) is 30.3. The molecule has 54 heavy (non-hydrogen) atoms. The van der Waals surface area contributed by atoms with E-state index >= 15 is 0 Å². The van der Waals surface area contributed by atoms with E-state index in [1.54, 1.807) is 0 Å². The molecule has 0 saturated heterocycles. The van der Waals surface area contributed by atoms with Crippen LogP contribution in [0.4, 0.5) is 0 Å². The highest BCUT2D eigenvalue weighted by Gasteiger charge is 2.20. The van der Waals surface area contributed by atoms with Crippen LogP contribution in [0, 0.1) is 0 Å². The molecule has 3 aromatic heterocycles. The molecule has 0 amide bonds. The number of benzene rings is 8. The third kappa shape index (κ3) is 4.83. The highest BCUT2D eigenvalue weighted by Crippen LogP contribution is 2.43. The molecule has 8 aromatic carbocycles. The summed E-state index contributed by atoms with van der Waals surface area (Å²) < 4.78 is 12.9. The first-order chi connectivity index (χ1) is 26.8. The lowest BCUT2D eigenvalue weighted by Crippen LogP contribution is -2.00. The zero-order chi connectivity index (χ0) is 35.6. The molecule has 252 valence electrons. The van der Waals surface area contributed by atoms with E-state index in [2.05, 4.69) is 109 Å². The molecule has 0 radical (unpaired) electrons. The summed E-state index contributed by atoms with van der Waals surface area (Å²) in [7, 11) is 0. The monoisotopic (exact) mass is 691 g/mol. The zero-order valence-corrected chi connectivity index (χ0v) is 28.9. The van der Waals surface area contributed by atoms with Crippen molar-refractivity contribution in [1.29, 1.82) is 0 Å². The van der Waals surface area contributed by atoms with E-state index in [4.69, 9.17) is 23.8 Å². The van der Waals surface area contributed by atoms with Gasteiger partial charge in [-0.2, -0.15) is 0 Å². The summed E-state index contributed by atoms with van der Waals surface area (Å²) >= 11 is 0. The van der Waals surface area contributed by atoms with Crippen LogP contribution in [0.1, 0.15) is 0 Å². The average molecular weight is 692 g/mol. The van der Waals surface area contributed by atoms with E-state index in [9.17, 15) is 0 Å². The summed E-state index contributed by atoms with van der Waals surface area (Å²) in [6, 6.07) is 60.4. The Morgan fingerprint density at radius 1 is 0.296 bits per heavy atom. The first-order valence-corrected chi connectivity index (χ1v) is 18.0. The van der Waals surface area contributed by atoms with Gasteiger partial charge in [0.2, 0.25) is 0 Å². The van der Waals surface area contributed by atoms with Crippen molar-refractivity contribution in [3.05, 3.63) is 176 Å². The molecule has 11 aromatic rings. The molecule has 0 atom stereocenters. The van der Waals surface area contributed by atoms with Gasteiger partial charge in [0.25, 0.3) is 0 Å². The minimum atomic E-state index is 0.589. The average Bonchev–Trinajstić information content (AvgIpc) is 3.83. The van der Waals surface area contributed by atoms with Crippen LogP contribution < -0.4 is 0 Å². The normalized spacial score (nSPS) is 11.7. The smallest absolute Gasteiger partial charge is 0.164 e. The highest BCUT2D eigenvalue weighted by atomic mass is 16.3. The summed E-state index contributed by atoms with van der Waals surface area (Å²) in [5, 5.41) is 6.38. The molecule has 5 nitrogen and oxygen atoms in total. The number of para-hydroxylation sites is 1. The molecule has 5 heteroatoms. The van der Waals surface area contributed by atoms with E-state index < -0.39 is 0 Å². The Morgan fingerprint density at radius 3 is 1.63 bits per heavy atom. The molecule has 0 spiro atoms. The first-order valence-electron chi connectivity index (χ1n) is 18.0. The Balaban J connectivity index is 1.13. The Hall–Kier alpha value is -7.37. The Labute approximate surface area is 309 Å². The van der Waals surface area contributed by atoms with Crippen molar-refractivity contribution in [3.8, 4) is 56.4 Å². The minimum Gasteiger partial charge on any atom is -0.456 e. The second kappa shape index (κ2) is 12.1. The van der Waals surface area contributed by atoms with Gasteiger partial charge in [0.05, 0.1) is 0 Å². The van der Waals surface area contributed by atoms with Gasteiger partial charge in [-0.15, -0.1) is 0 Å². The lowest BCUT2D eigenvalue weighted by Gasteiger charge is -2.12. The van der Waals surface area contributed by atoms with Crippen molar-refractivity contribution in [1.82, 2.24) is 15.0 Å². The molecule has 0 saturated carbocycles. The molecule has 0 bridgehead atoms. The Bertz CT molecular complexity index is 3220. The van der Waals surface area contributed by atoms with Crippen LogP contribution in [0.25, 0.3) is 111 Å². The molecule has 11 rings (SSSR count). The van der Waals surface area contributed by atoms with Gasteiger partial charge in [-0.05, 0) is 58.0 Å². The molecule has 0 aliphatic rings. The highest BCUT2D eigenvalue weighted by molar-refractivity contribution is 6.22. The maximum absolute atomic E-state index is 6.64. The van der Waals surface area contributed by atoms with Gasteiger partial charge >= 0.3 is 0 Å². The number of aromatic nitrogens is 3. The van der Waals surface area contributed by atoms with Crippen LogP contribution in [-0.2, 0) is 0 Å². The van der Waals surface area contributed by atoms with Gasteiger partial charge in [0.1, 0.15) is 22.3 Å². The van der Waals surface area contributed by atoms with Crippen molar-refractivity contribution in [2.45, 2.75) is 0 Å². The second-order valence-corrected chi connectivity index (χ2v) is 13.5. The van der Waals surface area contributed by atoms with Crippen molar-refractivity contribution >= 4 is 54.6 Å². The predicted octanol–water partition coefficient (Wildman–Crippen LogP) is 13.2. The van der Waals surface area contributed by atoms with Crippen molar-refractivity contribution in [2.24, 2.45) is 0 Å². The summed E-state index contributed by atoms with van der Waals surface area (Å²) in [6.07, 6.45) is 0. The molecule has 3 heterocycles. The fourth-order valence-corrected chi connectivity index (χ4v) is 7.87. The van der Waals surface area contributed by atoms with Crippen LogP contribution in [0.15, 0.2) is 185 Å². The predicted molar refractivity (Wildman–Crippen MR) is 219 cm³/mol. The molecule has 0 fully saturated rings. The van der Waals surface area contributed by atoms with Crippen LogP contribution >= 0.6 is 0 Å². The topological polar surface area (TPSA) is 65.0 Å². The number of nitrogens with zero attached hydrogens (tertiary/aromatic N) is 3. The third-order valence-electron chi connectivity index (χ3n) is 10.3. The SMILES string of the molecule is c1ccc(-c2nc(-c3cccc(-c4cc5c(oc6cccc(-c7ccccc7)c65)c5ccccc45)c3)nc(-c3cccc4oc5ccccc5c34)n2)cc1. The van der Waals surface area contributed by atoms with Crippen molar-refractivity contribution < 1.29 is 8.83 Å². The lowest BCUT2D eigenvalue weighted by atomic mass is 9.92. The molecule has 0 aliphatic carbocycles. The van der Waals surface area contributed by atoms with Gasteiger partial charge in [0, 0.05) is 43.6 Å². The van der Waals surface area contributed by atoms with Crippen LogP contribution in [0.2, 0.25) is 0 Å². The second-order valence-electron chi connectivity index (χ2n) is 13.5. The number of hydrogen-bond acceptors (Lipinski definition) is 5. The lowest BCUT2D eigenvalue weighted by molar-refractivity contribution is 0.669. The van der Waals surface area contributed by atoms with Gasteiger partial charge in [0.15, 0.2) is 17.5 Å². The summed E-state index contributed by atoms with van der Waals surface area (Å²) in [6.45, 7) is 0. The Kier molecular flexibility index (Phi) is 6.79. The van der Waals surface area contributed by atoms with Gasteiger partial charge in [-0.25, -0.2) is 15.0 Å². The number of rotatable bonds is 5. The van der Waals surface area contributed by atoms with Crippen LogP contribution in [0.3, 0.4) is 0 Å². The number of fused-ring (bicyclic) bond motifs is 8. The van der Waals surface area contributed by atoms with Gasteiger partial charge < -0.3 is 8.83 Å². The summed E-state index contributed by atoms with van der Waals surface area (Å²) in [5.41, 5.74) is 10.6. The molecular weight excluding hydrogens is 663 g/mol. The van der Waals surface area contributed by atoms with E-state index in [1.165, 1.54) is 0 Å². The molecule has 0 N–H and O–H groups in total. The fourth-order valence-electron chi connectivity index (χ4n) is 7.87. The van der Waals surface area contributed by atoms with E-state index in [0.29, 0.717) is 17.5 Å². The summed E-state index contributed by atoms with van der Waals surface area (Å²) in [4.78, 5) is 15.3. The fraction of sp³-hybridized carbons (Fsp3) is 0. The summed E-state index contributed by atoms with van der Waals surface area (Å²) in [5.74, 6) is 1.79. The van der Waals surface area contributed by atoms with E-state index in [1.807, 2.05) is 66.7 Å².